The smallest absolute Gasteiger partial charge is 0.170 e. The second-order valence-electron chi connectivity index (χ2n) is 8.81. The highest BCUT2D eigenvalue weighted by Gasteiger charge is 2.38. The average Bonchev–Trinajstić information content (AvgIpc) is 2.89. The van der Waals surface area contributed by atoms with Gasteiger partial charge in [-0.25, -0.2) is 13.2 Å². The molecule has 0 aromatic heterocycles. The average molecular weight is 492 g/mol. The van der Waals surface area contributed by atoms with Crippen LogP contribution in [0, 0.1) is 17.5 Å². The lowest BCUT2D eigenvalue weighted by Crippen LogP contribution is -2.36. The lowest BCUT2D eigenvalue weighted by molar-refractivity contribution is 0.0220. The third kappa shape index (κ3) is 4.96. The molecule has 5 rings (SSSR count). The minimum Gasteiger partial charge on any atom is -0.479 e. The molecule has 0 saturated heterocycles. The van der Waals surface area contributed by atoms with Crippen molar-refractivity contribution in [3.63, 3.8) is 0 Å². The zero-order chi connectivity index (χ0) is 24.3. The first-order valence-corrected chi connectivity index (χ1v) is 13.1. The SMILES string of the molecule is Fc1ccc(C2(Oc3cc([S+](c4ccccc4)c4ccccc4)ccc3F)CCCCC2)cc1F. The zero-order valence-corrected chi connectivity index (χ0v) is 20.0. The van der Waals surface area contributed by atoms with Crippen molar-refractivity contribution in [2.75, 3.05) is 0 Å². The fourth-order valence-electron chi connectivity index (χ4n) is 4.77. The molecule has 4 aromatic rings. The molecule has 0 spiro atoms. The van der Waals surface area contributed by atoms with Crippen LogP contribution in [-0.2, 0) is 16.5 Å². The maximum Gasteiger partial charge on any atom is 0.170 e. The van der Waals surface area contributed by atoms with Gasteiger partial charge in [0.05, 0.1) is 10.9 Å². The Hall–Kier alpha value is -3.18. The molecule has 0 radical (unpaired) electrons. The second kappa shape index (κ2) is 10.2. The highest BCUT2D eigenvalue weighted by atomic mass is 32.2. The topological polar surface area (TPSA) is 9.23 Å². The van der Waals surface area contributed by atoms with Crippen LogP contribution in [0.3, 0.4) is 0 Å². The van der Waals surface area contributed by atoms with E-state index in [0.717, 1.165) is 40.0 Å². The molecule has 178 valence electrons. The third-order valence-electron chi connectivity index (χ3n) is 6.51. The van der Waals surface area contributed by atoms with Crippen molar-refractivity contribution in [2.24, 2.45) is 0 Å². The Morgan fingerprint density at radius 2 is 1.17 bits per heavy atom. The van der Waals surface area contributed by atoms with E-state index in [9.17, 15) is 8.78 Å². The number of hydrogen-bond donors (Lipinski definition) is 0. The Balaban J connectivity index is 1.58. The van der Waals surface area contributed by atoms with E-state index in [1.165, 1.54) is 12.1 Å². The van der Waals surface area contributed by atoms with Gasteiger partial charge in [0, 0.05) is 6.07 Å². The van der Waals surface area contributed by atoms with Crippen LogP contribution in [0.4, 0.5) is 13.2 Å². The first-order valence-electron chi connectivity index (χ1n) is 11.8. The van der Waals surface area contributed by atoms with Crippen molar-refractivity contribution in [3.05, 3.63) is 120 Å². The maximum atomic E-state index is 15.2. The Labute approximate surface area is 206 Å². The minimum atomic E-state index is -0.917. The van der Waals surface area contributed by atoms with Crippen molar-refractivity contribution < 1.29 is 17.9 Å². The van der Waals surface area contributed by atoms with Crippen LogP contribution in [-0.4, -0.2) is 0 Å². The van der Waals surface area contributed by atoms with Crippen molar-refractivity contribution in [3.8, 4) is 5.75 Å². The highest BCUT2D eigenvalue weighted by molar-refractivity contribution is 7.97. The van der Waals surface area contributed by atoms with E-state index >= 15 is 4.39 Å². The Kier molecular flexibility index (Phi) is 6.87. The van der Waals surface area contributed by atoms with E-state index in [4.69, 9.17) is 4.74 Å². The third-order valence-corrected chi connectivity index (χ3v) is 8.72. The lowest BCUT2D eigenvalue weighted by Gasteiger charge is -2.38. The van der Waals surface area contributed by atoms with E-state index in [-0.39, 0.29) is 5.75 Å². The van der Waals surface area contributed by atoms with Gasteiger partial charge in [0.25, 0.3) is 0 Å². The standard InChI is InChI=1S/C30H26F3OS/c31-26-16-14-22(20-28(26)33)30(18-8-3-9-19-30)34-29-21-25(15-17-27(29)32)35(23-10-4-1-5-11-23)24-12-6-2-7-13-24/h1-2,4-7,10-17,20-21H,3,8-9,18-19H2/q+1. The molecule has 1 nitrogen and oxygen atoms in total. The minimum absolute atomic E-state index is 0.137. The molecular weight excluding hydrogens is 465 g/mol. The summed E-state index contributed by atoms with van der Waals surface area (Å²) in [4.78, 5) is 3.16. The van der Waals surface area contributed by atoms with Crippen molar-refractivity contribution in [1.29, 1.82) is 0 Å². The molecule has 0 N–H and O–H groups in total. The number of ether oxygens (including phenoxy) is 1. The van der Waals surface area contributed by atoms with E-state index in [2.05, 4.69) is 24.3 Å². The van der Waals surface area contributed by atoms with Crippen molar-refractivity contribution in [2.45, 2.75) is 52.4 Å². The van der Waals surface area contributed by atoms with Gasteiger partial charge >= 0.3 is 0 Å². The number of benzene rings is 4. The van der Waals surface area contributed by atoms with Gasteiger partial charge in [0.15, 0.2) is 37.9 Å². The lowest BCUT2D eigenvalue weighted by atomic mass is 9.79. The molecular formula is C30H26F3OS+. The zero-order valence-electron chi connectivity index (χ0n) is 19.2. The fourth-order valence-corrected chi connectivity index (χ4v) is 6.88. The van der Waals surface area contributed by atoms with Crippen LogP contribution in [0.15, 0.2) is 112 Å². The summed E-state index contributed by atoms with van der Waals surface area (Å²) in [6.45, 7) is 0. The van der Waals surface area contributed by atoms with Crippen molar-refractivity contribution in [1.82, 2.24) is 0 Å². The van der Waals surface area contributed by atoms with Gasteiger partial charge in [-0.15, -0.1) is 0 Å². The second-order valence-corrected chi connectivity index (χ2v) is 10.8. The molecule has 1 saturated carbocycles. The van der Waals surface area contributed by atoms with Gasteiger partial charge < -0.3 is 4.74 Å². The molecule has 0 atom stereocenters. The maximum absolute atomic E-state index is 15.2. The summed E-state index contributed by atoms with van der Waals surface area (Å²) in [5.41, 5.74) is -0.351. The largest absolute Gasteiger partial charge is 0.479 e. The molecule has 35 heavy (non-hydrogen) atoms. The predicted octanol–water partition coefficient (Wildman–Crippen LogP) is 8.44. The first-order chi connectivity index (χ1) is 17.1. The molecule has 0 amide bonds. The molecule has 0 aliphatic heterocycles. The van der Waals surface area contributed by atoms with Crippen LogP contribution in [0.25, 0.3) is 0 Å². The Bertz CT molecular complexity index is 1250. The molecule has 0 unspecified atom stereocenters. The summed E-state index contributed by atoms with van der Waals surface area (Å²) in [5, 5.41) is 0. The summed E-state index contributed by atoms with van der Waals surface area (Å²) >= 11 is 0. The summed E-state index contributed by atoms with van der Waals surface area (Å²) in [6.07, 6.45) is 4.01. The predicted molar refractivity (Wildman–Crippen MR) is 133 cm³/mol. The van der Waals surface area contributed by atoms with E-state index in [1.54, 1.807) is 18.2 Å². The van der Waals surface area contributed by atoms with Crippen LogP contribution in [0.5, 0.6) is 5.75 Å². The quantitative estimate of drug-likeness (QED) is 0.246. The van der Waals surface area contributed by atoms with E-state index in [1.807, 2.05) is 36.4 Å². The fraction of sp³-hybridized carbons (Fsp3) is 0.200. The van der Waals surface area contributed by atoms with Crippen LogP contribution in [0.2, 0.25) is 0 Å². The monoisotopic (exact) mass is 491 g/mol. The normalized spacial score (nSPS) is 15.2. The molecule has 1 fully saturated rings. The highest BCUT2D eigenvalue weighted by Crippen LogP contribution is 2.43. The first kappa shape index (κ1) is 23.6. The van der Waals surface area contributed by atoms with Gasteiger partial charge in [-0.2, -0.15) is 0 Å². The summed E-state index contributed by atoms with van der Waals surface area (Å²) in [5.74, 6) is -2.15. The molecule has 0 bridgehead atoms. The summed E-state index contributed by atoms with van der Waals surface area (Å²) < 4.78 is 49.5. The molecule has 4 aromatic carbocycles. The Morgan fingerprint density at radius 3 is 1.77 bits per heavy atom. The molecule has 5 heteroatoms. The molecule has 1 aliphatic carbocycles. The van der Waals surface area contributed by atoms with Crippen LogP contribution >= 0.6 is 0 Å². The number of rotatable bonds is 6. The van der Waals surface area contributed by atoms with Gasteiger partial charge in [-0.3, -0.25) is 0 Å². The van der Waals surface area contributed by atoms with Crippen molar-refractivity contribution >= 4 is 10.9 Å². The van der Waals surface area contributed by atoms with Gasteiger partial charge in [-0.1, -0.05) is 48.9 Å². The van der Waals surface area contributed by atoms with E-state index in [0.29, 0.717) is 18.4 Å². The number of halogens is 3. The summed E-state index contributed by atoms with van der Waals surface area (Å²) in [6, 6.07) is 29.1. The summed E-state index contributed by atoms with van der Waals surface area (Å²) in [7, 11) is -0.461. The number of hydrogen-bond acceptors (Lipinski definition) is 1. The van der Waals surface area contributed by atoms with Gasteiger partial charge in [0.2, 0.25) is 0 Å². The Morgan fingerprint density at radius 1 is 0.571 bits per heavy atom. The van der Waals surface area contributed by atoms with Gasteiger partial charge in [0.1, 0.15) is 5.60 Å². The van der Waals surface area contributed by atoms with Gasteiger partial charge in [-0.05, 0) is 79.8 Å². The van der Waals surface area contributed by atoms with Crippen LogP contribution in [0.1, 0.15) is 37.7 Å². The molecule has 1 aliphatic rings. The molecule has 0 heterocycles. The van der Waals surface area contributed by atoms with Crippen LogP contribution < -0.4 is 4.74 Å². The van der Waals surface area contributed by atoms with E-state index < -0.39 is 33.9 Å².